The highest BCUT2D eigenvalue weighted by Gasteiger charge is 2.19. The van der Waals surface area contributed by atoms with Crippen molar-refractivity contribution in [3.63, 3.8) is 0 Å². The molecule has 74 valence electrons. The topological polar surface area (TPSA) is 59.9 Å². The third kappa shape index (κ3) is 2.41. The minimum absolute atomic E-state index is 0.0416. The lowest BCUT2D eigenvalue weighted by atomic mass is 10.0. The fourth-order valence-corrected chi connectivity index (χ4v) is 1.11. The zero-order valence-corrected chi connectivity index (χ0v) is 7.95. The van der Waals surface area contributed by atoms with Crippen LogP contribution in [0.15, 0.2) is 17.4 Å². The molecule has 0 bridgehead atoms. The van der Waals surface area contributed by atoms with Crippen molar-refractivity contribution in [3.8, 4) is 0 Å². The Bertz CT molecular complexity index is 335. The molecule has 4 heteroatoms. The van der Waals surface area contributed by atoms with E-state index in [0.29, 0.717) is 18.4 Å². The monoisotopic (exact) mass is 193 g/mol. The fraction of sp³-hybridized carbons (Fsp3) is 0.400. The van der Waals surface area contributed by atoms with Gasteiger partial charge in [-0.1, -0.05) is 0 Å². The molecule has 0 aromatic carbocycles. The molecule has 0 unspecified atom stereocenters. The van der Waals surface area contributed by atoms with Gasteiger partial charge >= 0.3 is 12.2 Å². The number of nitrogens with zero attached hydrogens (tertiary/aromatic N) is 1. The molecule has 0 aromatic heterocycles. The molecule has 0 aliphatic carbocycles. The summed E-state index contributed by atoms with van der Waals surface area (Å²) in [6.45, 7) is 1.97. The fourth-order valence-electron chi connectivity index (χ4n) is 1.11. The first-order chi connectivity index (χ1) is 6.79. The maximum atomic E-state index is 11.3. The number of carbonyl (C=O) groups excluding carboxylic acids is 2. The molecule has 0 N–H and O–H groups in total. The van der Waals surface area contributed by atoms with E-state index in [0.717, 1.165) is 0 Å². The summed E-state index contributed by atoms with van der Waals surface area (Å²) in [5, 5.41) is 8.78. The van der Waals surface area contributed by atoms with Gasteiger partial charge in [-0.15, -0.1) is 0 Å². The Morgan fingerprint density at radius 3 is 3.07 bits per heavy atom. The molecule has 0 atom stereocenters. The van der Waals surface area contributed by atoms with E-state index in [9.17, 15) is 4.79 Å². The van der Waals surface area contributed by atoms with Crippen LogP contribution in [-0.2, 0) is 14.0 Å². The number of carbonyl (C=O) groups is 1. The molecule has 14 heavy (non-hydrogen) atoms. The lowest BCUT2D eigenvalue weighted by Crippen LogP contribution is -2.11. The third-order valence-electron chi connectivity index (χ3n) is 1.75. The average Bonchev–Trinajstić information content (AvgIpc) is 2.21. The molecule has 1 aliphatic heterocycles. The summed E-state index contributed by atoms with van der Waals surface area (Å²) in [5.41, 5.74) is 0.647. The summed E-state index contributed by atoms with van der Waals surface area (Å²) in [6, 6.07) is 0. The van der Waals surface area contributed by atoms with Gasteiger partial charge in [0.2, 0.25) is 0 Å². The van der Waals surface area contributed by atoms with E-state index in [1.54, 1.807) is 13.2 Å². The Balaban J connectivity index is 2.82. The molecule has 1 rings (SSSR count). The van der Waals surface area contributed by atoms with Crippen molar-refractivity contribution >= 4 is 18.1 Å². The molecule has 0 spiro atoms. The molecule has 0 radical (unpaired) electrons. The lowest BCUT2D eigenvalue weighted by molar-refractivity contribution is -0.371. The van der Waals surface area contributed by atoms with E-state index >= 15 is 0 Å². The summed E-state index contributed by atoms with van der Waals surface area (Å²) in [4.78, 5) is 11.3. The van der Waals surface area contributed by atoms with Crippen LogP contribution < -0.4 is 0 Å². The minimum atomic E-state index is -0.577. The lowest BCUT2D eigenvalue weighted by Gasteiger charge is -2.06. The number of hydrogen-bond donors (Lipinski definition) is 0. The van der Waals surface area contributed by atoms with Gasteiger partial charge in [0, 0.05) is 0 Å². The van der Waals surface area contributed by atoms with Gasteiger partial charge in [0.15, 0.2) is 0 Å². The molecule has 1 heterocycles. The second-order valence-corrected chi connectivity index (χ2v) is 2.69. The predicted molar refractivity (Wildman–Crippen MR) is 51.9 cm³/mol. The second kappa shape index (κ2) is 5.14. The SMILES string of the molecule is CCOC(=O)C(=C=[N-])C1=C[O+]=CCC1. The second-order valence-electron chi connectivity index (χ2n) is 2.69. The van der Waals surface area contributed by atoms with Crippen molar-refractivity contribution < 1.29 is 14.0 Å². The van der Waals surface area contributed by atoms with Crippen molar-refractivity contribution in [2.45, 2.75) is 19.8 Å². The smallest absolute Gasteiger partial charge is 0.344 e. The van der Waals surface area contributed by atoms with Crippen LogP contribution in [0.5, 0.6) is 0 Å². The van der Waals surface area contributed by atoms with Gasteiger partial charge in [0.05, 0.1) is 24.2 Å². The molecule has 0 fully saturated rings. The Morgan fingerprint density at radius 2 is 2.57 bits per heavy atom. The first kappa shape index (κ1) is 10.4. The van der Waals surface area contributed by atoms with Gasteiger partial charge in [0.25, 0.3) is 6.29 Å². The van der Waals surface area contributed by atoms with Crippen LogP contribution in [0, 0.1) is 0 Å². The number of ether oxygens (including phenoxy) is 1. The molecule has 0 amide bonds. The summed E-state index contributed by atoms with van der Waals surface area (Å²) >= 11 is 0. The summed E-state index contributed by atoms with van der Waals surface area (Å²) in [7, 11) is 0. The molecular weight excluding hydrogens is 182 g/mol. The number of rotatable bonds is 3. The highest BCUT2D eigenvalue weighted by molar-refractivity contribution is 6.03. The molecule has 4 nitrogen and oxygen atoms in total. The van der Waals surface area contributed by atoms with E-state index in [2.05, 4.69) is 0 Å². The molecule has 0 saturated carbocycles. The van der Waals surface area contributed by atoms with Gasteiger partial charge in [-0.25, -0.2) is 9.22 Å². The van der Waals surface area contributed by atoms with Crippen LogP contribution in [0.1, 0.15) is 19.8 Å². The summed E-state index contributed by atoms with van der Waals surface area (Å²) in [5.74, 6) is 1.26. The number of hydrogen-bond acceptors (Lipinski definition) is 2. The van der Waals surface area contributed by atoms with Crippen LogP contribution in [0.3, 0.4) is 0 Å². The van der Waals surface area contributed by atoms with Crippen molar-refractivity contribution in [2.75, 3.05) is 6.61 Å². The van der Waals surface area contributed by atoms with Gasteiger partial charge in [-0.2, -0.15) is 0 Å². The van der Waals surface area contributed by atoms with Gasteiger partial charge in [0.1, 0.15) is 0 Å². The van der Waals surface area contributed by atoms with E-state index < -0.39 is 5.97 Å². The quantitative estimate of drug-likeness (QED) is 0.222. The van der Waals surface area contributed by atoms with E-state index in [1.807, 2.05) is 5.87 Å². The van der Waals surface area contributed by atoms with Crippen molar-refractivity contribution in [1.82, 2.24) is 0 Å². The highest BCUT2D eigenvalue weighted by atomic mass is 16.5. The zero-order valence-electron chi connectivity index (χ0n) is 7.95. The Hall–Kier alpha value is -1.67. The molecular formula is C10H11NO3. The largest absolute Gasteiger partial charge is 0.763 e. The van der Waals surface area contributed by atoms with E-state index in [-0.39, 0.29) is 12.2 Å². The summed E-state index contributed by atoms with van der Waals surface area (Å²) in [6.07, 6.45) is 4.39. The normalized spacial score (nSPS) is 14.2. The zero-order chi connectivity index (χ0) is 10.4. The first-order valence-corrected chi connectivity index (χ1v) is 4.40. The Kier molecular flexibility index (Phi) is 3.83. The Labute approximate surface area is 82.1 Å². The van der Waals surface area contributed by atoms with Gasteiger partial charge < -0.3 is 10.1 Å². The van der Waals surface area contributed by atoms with Crippen molar-refractivity contribution in [2.24, 2.45) is 0 Å². The maximum Gasteiger partial charge on any atom is 0.344 e. The van der Waals surface area contributed by atoms with Crippen LogP contribution in [-0.4, -0.2) is 24.7 Å². The molecule has 0 saturated heterocycles. The van der Waals surface area contributed by atoms with E-state index in [1.165, 1.54) is 6.26 Å². The van der Waals surface area contributed by atoms with Crippen molar-refractivity contribution in [1.29, 1.82) is 0 Å². The Morgan fingerprint density at radius 1 is 1.79 bits per heavy atom. The number of aldehydes is 1. The van der Waals surface area contributed by atoms with Crippen molar-refractivity contribution in [3.05, 3.63) is 22.8 Å². The standard InChI is InChI=1S/C10H11NO3/c1-2-14-10(12)9(6-11)8-4-3-5-13-7-8/h5,7H,2-4H2,1H3. The van der Waals surface area contributed by atoms with Gasteiger partial charge in [-0.05, 0) is 13.3 Å². The predicted octanol–water partition coefficient (Wildman–Crippen LogP) is 1.13. The van der Waals surface area contributed by atoms with Crippen LogP contribution in [0.2, 0.25) is 0 Å². The van der Waals surface area contributed by atoms with Crippen LogP contribution in [0.4, 0.5) is 0 Å². The summed E-state index contributed by atoms with van der Waals surface area (Å²) < 4.78 is 9.67. The minimum Gasteiger partial charge on any atom is -0.763 e. The molecule has 1 aliphatic rings. The molecule has 0 aromatic rings. The van der Waals surface area contributed by atoms with E-state index in [4.69, 9.17) is 14.6 Å². The van der Waals surface area contributed by atoms with Gasteiger partial charge in [-0.3, -0.25) is 5.87 Å². The number of esters is 1. The average molecular weight is 193 g/mol. The van der Waals surface area contributed by atoms with Crippen LogP contribution in [0.25, 0.3) is 5.41 Å². The maximum absolute atomic E-state index is 11.3. The third-order valence-corrected chi connectivity index (χ3v) is 1.75. The first-order valence-electron chi connectivity index (χ1n) is 4.40. The van der Waals surface area contributed by atoms with Crippen LogP contribution >= 0.6 is 0 Å². The highest BCUT2D eigenvalue weighted by Crippen LogP contribution is 2.16.